The second kappa shape index (κ2) is 6.39. The molecular weight excluding hydrogens is 320 g/mol. The van der Waals surface area contributed by atoms with E-state index >= 15 is 0 Å². The van der Waals surface area contributed by atoms with Crippen LogP contribution >= 0.6 is 0 Å². The third-order valence-corrected chi connectivity index (χ3v) is 4.11. The average Bonchev–Trinajstić information content (AvgIpc) is 2.88. The maximum absolute atomic E-state index is 12.6. The summed E-state index contributed by atoms with van der Waals surface area (Å²) >= 11 is 0. The van der Waals surface area contributed by atoms with Gasteiger partial charge in [-0.05, 0) is 32.4 Å². The molecule has 4 N–H and O–H groups in total. The predicted molar refractivity (Wildman–Crippen MR) is 95.9 cm³/mol. The van der Waals surface area contributed by atoms with Gasteiger partial charge in [0.15, 0.2) is 0 Å². The van der Waals surface area contributed by atoms with Gasteiger partial charge in [0.2, 0.25) is 5.95 Å². The number of fused-ring (bicyclic) bond motifs is 1. The third kappa shape index (κ3) is 3.10. The van der Waals surface area contributed by atoms with Crippen LogP contribution in [0.5, 0.6) is 0 Å². The molecule has 0 aliphatic rings. The van der Waals surface area contributed by atoms with Crippen LogP contribution in [0.3, 0.4) is 0 Å². The second-order valence-electron chi connectivity index (χ2n) is 5.96. The summed E-state index contributed by atoms with van der Waals surface area (Å²) in [5.41, 5.74) is 3.78. The van der Waals surface area contributed by atoms with Crippen molar-refractivity contribution in [2.24, 2.45) is 0 Å². The van der Waals surface area contributed by atoms with Gasteiger partial charge in [-0.2, -0.15) is 4.98 Å². The van der Waals surface area contributed by atoms with Crippen molar-refractivity contribution in [2.45, 2.75) is 27.3 Å². The Hall–Kier alpha value is -3.16. The summed E-state index contributed by atoms with van der Waals surface area (Å²) in [6, 6.07) is 1.88. The lowest BCUT2D eigenvalue weighted by molar-refractivity contribution is 0.0952. The lowest BCUT2D eigenvalue weighted by Crippen LogP contribution is -2.28. The first-order chi connectivity index (χ1) is 11.9. The van der Waals surface area contributed by atoms with E-state index in [1.807, 2.05) is 19.9 Å². The van der Waals surface area contributed by atoms with Gasteiger partial charge in [0.05, 0.1) is 10.9 Å². The Kier molecular flexibility index (Phi) is 4.26. The fraction of sp³-hybridized carbons (Fsp3) is 0.294. The van der Waals surface area contributed by atoms with Crippen molar-refractivity contribution in [3.05, 3.63) is 50.7 Å². The number of anilines is 1. The van der Waals surface area contributed by atoms with E-state index < -0.39 is 0 Å². The minimum atomic E-state index is -0.274. The second-order valence-corrected chi connectivity index (χ2v) is 5.96. The molecule has 8 heteroatoms. The fourth-order valence-corrected chi connectivity index (χ4v) is 2.87. The Morgan fingerprint density at radius 3 is 2.68 bits per heavy atom. The molecule has 8 nitrogen and oxygen atoms in total. The third-order valence-electron chi connectivity index (χ3n) is 4.11. The first-order valence-corrected chi connectivity index (χ1v) is 7.91. The number of H-pyrrole nitrogens is 2. The Morgan fingerprint density at radius 2 is 2.00 bits per heavy atom. The zero-order chi connectivity index (χ0) is 18.1. The molecule has 0 atom stereocenters. The van der Waals surface area contributed by atoms with Gasteiger partial charge in [-0.1, -0.05) is 0 Å². The van der Waals surface area contributed by atoms with Crippen molar-refractivity contribution >= 4 is 22.9 Å². The number of carbonyl (C=O) groups excluding carboxylic acids is 1. The lowest BCUT2D eigenvalue weighted by atomic mass is 10.1. The van der Waals surface area contributed by atoms with Crippen molar-refractivity contribution in [1.29, 1.82) is 0 Å². The highest BCUT2D eigenvalue weighted by molar-refractivity contribution is 6.07. The Morgan fingerprint density at radius 1 is 1.24 bits per heavy atom. The average molecular weight is 340 g/mol. The number of nitrogens with zero attached hydrogens (tertiary/aromatic N) is 2. The topological polar surface area (TPSA) is 116 Å². The summed E-state index contributed by atoms with van der Waals surface area (Å²) in [4.78, 5) is 39.0. The first-order valence-electron chi connectivity index (χ1n) is 7.91. The first kappa shape index (κ1) is 16.7. The van der Waals surface area contributed by atoms with Crippen LogP contribution in [-0.4, -0.2) is 32.9 Å². The molecule has 0 unspecified atom stereocenters. The Bertz CT molecular complexity index is 1020. The molecule has 0 saturated carbocycles. The van der Waals surface area contributed by atoms with Crippen molar-refractivity contribution in [3.8, 4) is 0 Å². The van der Waals surface area contributed by atoms with Crippen molar-refractivity contribution in [1.82, 2.24) is 25.3 Å². The quantitative estimate of drug-likeness (QED) is 0.575. The number of hydrogen-bond acceptors (Lipinski definition) is 5. The molecule has 0 saturated heterocycles. The standard InChI is InChI=1S/C17H20N6O2/c1-8-5-9(2)21-15(24)11(8)6-19-16(25)13-10(3)22-14-12(13)7-20-17(18-4)23-14/h5,7H,6H2,1-4H3,(H,19,25)(H,21,24)(H2,18,20,22,23). The van der Waals surface area contributed by atoms with Crippen molar-refractivity contribution < 1.29 is 4.79 Å². The molecule has 1 amide bonds. The van der Waals surface area contributed by atoms with Crippen molar-refractivity contribution in [2.75, 3.05) is 12.4 Å². The van der Waals surface area contributed by atoms with Gasteiger partial charge in [-0.3, -0.25) is 9.59 Å². The minimum Gasteiger partial charge on any atom is -0.357 e. The maximum Gasteiger partial charge on any atom is 0.254 e. The Balaban J connectivity index is 1.88. The van der Waals surface area contributed by atoms with Crippen LogP contribution in [-0.2, 0) is 6.54 Å². The molecule has 0 radical (unpaired) electrons. The van der Waals surface area contributed by atoms with Gasteiger partial charge in [0.1, 0.15) is 5.65 Å². The van der Waals surface area contributed by atoms with Crippen LogP contribution in [0.4, 0.5) is 5.95 Å². The number of aromatic amines is 2. The SMILES string of the molecule is CNc1ncc2c(C(=O)NCc3c(C)cc(C)[nH]c3=O)c(C)[nH]c2n1. The number of aromatic nitrogens is 4. The van der Waals surface area contributed by atoms with Crippen molar-refractivity contribution in [3.63, 3.8) is 0 Å². The summed E-state index contributed by atoms with van der Waals surface area (Å²) in [5, 5.41) is 6.32. The van der Waals surface area contributed by atoms with Gasteiger partial charge >= 0.3 is 0 Å². The number of nitrogens with one attached hydrogen (secondary N) is 4. The zero-order valence-electron chi connectivity index (χ0n) is 14.6. The van der Waals surface area contributed by atoms with E-state index in [0.29, 0.717) is 33.8 Å². The Labute approximate surface area is 144 Å². The van der Waals surface area contributed by atoms with Crippen LogP contribution in [0, 0.1) is 20.8 Å². The fourth-order valence-electron chi connectivity index (χ4n) is 2.87. The number of carbonyl (C=O) groups is 1. The van der Waals surface area contributed by atoms with E-state index in [-0.39, 0.29) is 18.0 Å². The van der Waals surface area contributed by atoms with E-state index in [2.05, 4.69) is 30.6 Å². The van der Waals surface area contributed by atoms with E-state index in [1.165, 1.54) is 0 Å². The summed E-state index contributed by atoms with van der Waals surface area (Å²) in [7, 11) is 1.73. The summed E-state index contributed by atoms with van der Waals surface area (Å²) in [6.07, 6.45) is 1.61. The number of hydrogen-bond donors (Lipinski definition) is 4. The molecule has 25 heavy (non-hydrogen) atoms. The number of rotatable bonds is 4. The molecule has 3 rings (SSSR count). The van der Waals surface area contributed by atoms with Crippen LogP contribution in [0.1, 0.15) is 32.9 Å². The highest BCUT2D eigenvalue weighted by Gasteiger charge is 2.18. The molecular formula is C17H20N6O2. The van der Waals surface area contributed by atoms with E-state index in [0.717, 1.165) is 11.3 Å². The molecule has 0 bridgehead atoms. The van der Waals surface area contributed by atoms with Gasteiger partial charge < -0.3 is 20.6 Å². The largest absolute Gasteiger partial charge is 0.357 e. The smallest absolute Gasteiger partial charge is 0.254 e. The molecule has 0 aliphatic carbocycles. The van der Waals surface area contributed by atoms with E-state index in [4.69, 9.17) is 0 Å². The summed E-state index contributed by atoms with van der Waals surface area (Å²) in [5.74, 6) is 0.200. The van der Waals surface area contributed by atoms with Gasteiger partial charge in [0, 0.05) is 36.7 Å². The highest BCUT2D eigenvalue weighted by Crippen LogP contribution is 2.21. The number of aryl methyl sites for hydroxylation is 3. The molecule has 0 aromatic carbocycles. The normalized spacial score (nSPS) is 10.9. The molecule has 3 heterocycles. The molecule has 0 spiro atoms. The lowest BCUT2D eigenvalue weighted by Gasteiger charge is -2.08. The molecule has 3 aromatic heterocycles. The summed E-state index contributed by atoms with van der Waals surface area (Å²) < 4.78 is 0. The molecule has 130 valence electrons. The predicted octanol–water partition coefficient (Wildman–Crippen LogP) is 1.54. The van der Waals surface area contributed by atoms with Crippen LogP contribution in [0.25, 0.3) is 11.0 Å². The maximum atomic E-state index is 12.6. The zero-order valence-corrected chi connectivity index (χ0v) is 14.6. The summed E-state index contributed by atoms with van der Waals surface area (Å²) in [6.45, 7) is 5.64. The number of pyridine rings is 1. The molecule has 0 aliphatic heterocycles. The van der Waals surface area contributed by atoms with Crippen LogP contribution in [0.2, 0.25) is 0 Å². The van der Waals surface area contributed by atoms with E-state index in [1.54, 1.807) is 20.2 Å². The highest BCUT2D eigenvalue weighted by atomic mass is 16.2. The van der Waals surface area contributed by atoms with Crippen LogP contribution < -0.4 is 16.2 Å². The van der Waals surface area contributed by atoms with Crippen LogP contribution in [0.15, 0.2) is 17.1 Å². The minimum absolute atomic E-state index is 0.155. The monoisotopic (exact) mass is 340 g/mol. The number of amides is 1. The van der Waals surface area contributed by atoms with E-state index in [9.17, 15) is 9.59 Å². The van der Waals surface area contributed by atoms with Gasteiger partial charge in [-0.15, -0.1) is 0 Å². The van der Waals surface area contributed by atoms with Gasteiger partial charge in [-0.25, -0.2) is 4.98 Å². The molecule has 0 fully saturated rings. The van der Waals surface area contributed by atoms with Gasteiger partial charge in [0.25, 0.3) is 11.5 Å². The molecule has 3 aromatic rings.